The van der Waals surface area contributed by atoms with Gasteiger partial charge in [-0.15, -0.1) is 0 Å². The molecule has 0 saturated carbocycles. The van der Waals surface area contributed by atoms with Gasteiger partial charge in [-0.25, -0.2) is 23.4 Å². The van der Waals surface area contributed by atoms with Crippen molar-refractivity contribution in [1.82, 2.24) is 9.88 Å². The molecule has 2 N–H and O–H groups in total. The highest BCUT2D eigenvalue weighted by atomic mass is 19.1. The summed E-state index contributed by atoms with van der Waals surface area (Å²) in [5, 5.41) is 15.3. The van der Waals surface area contributed by atoms with E-state index >= 15 is 0 Å². The maximum atomic E-state index is 14.9. The van der Waals surface area contributed by atoms with Crippen LogP contribution >= 0.6 is 0 Å². The molecule has 1 saturated heterocycles. The van der Waals surface area contributed by atoms with Gasteiger partial charge in [0.2, 0.25) is 5.88 Å². The van der Waals surface area contributed by atoms with E-state index in [1.54, 1.807) is 23.1 Å². The largest absolute Gasteiger partial charge is 0.493 e. The minimum absolute atomic E-state index is 0.0322. The number of fused-ring (bicyclic) bond motifs is 1. The molecule has 0 spiro atoms. The summed E-state index contributed by atoms with van der Waals surface area (Å²) in [6.45, 7) is 7.24. The number of amides is 3. The number of benzene rings is 3. The number of nitriles is 1. The molecule has 1 fully saturated rings. The third kappa shape index (κ3) is 8.38. The second-order valence-electron chi connectivity index (χ2n) is 11.9. The molecule has 46 heavy (non-hydrogen) atoms. The number of rotatable bonds is 7. The summed E-state index contributed by atoms with van der Waals surface area (Å²) in [4.78, 5) is 30.9. The van der Waals surface area contributed by atoms with Crippen molar-refractivity contribution in [2.75, 3.05) is 30.3 Å². The van der Waals surface area contributed by atoms with E-state index in [9.17, 15) is 23.6 Å². The zero-order valence-corrected chi connectivity index (χ0v) is 25.6. The van der Waals surface area contributed by atoms with Crippen molar-refractivity contribution in [2.45, 2.75) is 39.2 Å². The first-order valence-electron chi connectivity index (χ1n) is 14.7. The highest BCUT2D eigenvalue weighted by Gasteiger charge is 2.27. The number of carbonyl (C=O) groups excluding carboxylic acids is 2. The Bertz CT molecular complexity index is 1780. The molecule has 5 rings (SSSR count). The van der Waals surface area contributed by atoms with Gasteiger partial charge in [-0.05, 0) is 88.1 Å². The van der Waals surface area contributed by atoms with Crippen molar-refractivity contribution in [3.8, 4) is 23.4 Å². The van der Waals surface area contributed by atoms with Crippen LogP contribution in [0.1, 0.15) is 39.2 Å². The smallest absolute Gasteiger partial charge is 0.410 e. The molecule has 1 aliphatic heterocycles. The van der Waals surface area contributed by atoms with Gasteiger partial charge in [0.25, 0.3) is 0 Å². The Balaban J connectivity index is 1.20. The predicted octanol–water partition coefficient (Wildman–Crippen LogP) is 7.85. The molecule has 0 bridgehead atoms. The van der Waals surface area contributed by atoms with E-state index < -0.39 is 23.3 Å². The zero-order chi connectivity index (χ0) is 32.8. The third-order valence-electron chi connectivity index (χ3n) is 7.14. The van der Waals surface area contributed by atoms with Crippen LogP contribution in [0.5, 0.6) is 17.4 Å². The summed E-state index contributed by atoms with van der Waals surface area (Å²) < 4.78 is 45.4. The molecule has 0 aliphatic carbocycles. The van der Waals surface area contributed by atoms with E-state index in [-0.39, 0.29) is 34.9 Å². The van der Waals surface area contributed by atoms with Gasteiger partial charge in [-0.3, -0.25) is 0 Å². The van der Waals surface area contributed by atoms with Crippen LogP contribution in [-0.2, 0) is 4.74 Å². The fourth-order valence-electron chi connectivity index (χ4n) is 4.80. The van der Waals surface area contributed by atoms with Gasteiger partial charge in [-0.1, -0.05) is 0 Å². The Morgan fingerprint density at radius 2 is 1.72 bits per heavy atom. The van der Waals surface area contributed by atoms with Crippen LogP contribution in [0.15, 0.2) is 66.7 Å². The lowest BCUT2D eigenvalue weighted by molar-refractivity contribution is 0.0165. The first-order valence-corrected chi connectivity index (χ1v) is 14.7. The Labute approximate surface area is 264 Å². The first-order chi connectivity index (χ1) is 22.0. The summed E-state index contributed by atoms with van der Waals surface area (Å²) in [6, 6.07) is 17.2. The second kappa shape index (κ2) is 13.7. The number of pyridine rings is 1. The van der Waals surface area contributed by atoms with Crippen LogP contribution in [0.2, 0.25) is 0 Å². The number of urea groups is 1. The molecular formula is C34H33F2N5O5. The highest BCUT2D eigenvalue weighted by molar-refractivity contribution is 6.00. The molecule has 10 nitrogen and oxygen atoms in total. The van der Waals surface area contributed by atoms with Gasteiger partial charge in [0, 0.05) is 42.4 Å². The van der Waals surface area contributed by atoms with Gasteiger partial charge in [0.05, 0.1) is 23.4 Å². The molecule has 3 amide bonds. The van der Waals surface area contributed by atoms with E-state index in [2.05, 4.69) is 15.6 Å². The highest BCUT2D eigenvalue weighted by Crippen LogP contribution is 2.31. The lowest BCUT2D eigenvalue weighted by Gasteiger charge is -2.33. The monoisotopic (exact) mass is 629 g/mol. The quantitative estimate of drug-likeness (QED) is 0.213. The van der Waals surface area contributed by atoms with Crippen molar-refractivity contribution < 1.29 is 32.6 Å². The summed E-state index contributed by atoms with van der Waals surface area (Å²) in [7, 11) is 0. The van der Waals surface area contributed by atoms with Gasteiger partial charge < -0.3 is 29.7 Å². The van der Waals surface area contributed by atoms with Crippen LogP contribution < -0.4 is 20.1 Å². The van der Waals surface area contributed by atoms with Crippen LogP contribution in [0, 0.1) is 28.9 Å². The second-order valence-corrected chi connectivity index (χ2v) is 11.9. The number of ether oxygens (including phenoxy) is 3. The molecule has 4 aromatic rings. The van der Waals surface area contributed by atoms with Gasteiger partial charge >= 0.3 is 12.1 Å². The minimum Gasteiger partial charge on any atom is -0.493 e. The number of piperidine rings is 1. The number of aromatic nitrogens is 1. The number of hydrogen-bond donors (Lipinski definition) is 2. The standard InChI is InChI=1S/C34H33F2N5O5/c1-34(2,3)46-33(43)41-14-12-21(13-15-41)20-44-26-10-4-22-5-11-31(39-28(22)17-26)45-30-18-27(36)29(16-23(30)19-37)40-32(42)38-25-8-6-24(35)7-9-25/h4-11,16-18,21H,12-15,20H2,1-3H3,(H2,38,40,42). The fraction of sp³-hybridized carbons (Fsp3) is 0.294. The maximum absolute atomic E-state index is 14.9. The van der Waals surface area contributed by atoms with E-state index in [4.69, 9.17) is 14.2 Å². The number of hydrogen-bond acceptors (Lipinski definition) is 7. The number of likely N-dealkylation sites (tertiary alicyclic amines) is 1. The molecule has 0 atom stereocenters. The molecule has 1 aliphatic rings. The third-order valence-corrected chi connectivity index (χ3v) is 7.14. The van der Waals surface area contributed by atoms with Crippen molar-refractivity contribution in [1.29, 1.82) is 5.26 Å². The maximum Gasteiger partial charge on any atom is 0.410 e. The first kappa shape index (κ1) is 32.0. The number of nitrogens with one attached hydrogen (secondary N) is 2. The van der Waals surface area contributed by atoms with E-state index in [0.717, 1.165) is 30.4 Å². The summed E-state index contributed by atoms with van der Waals surface area (Å²) in [5.41, 5.74) is 0.0683. The average Bonchev–Trinajstić information content (AvgIpc) is 3.01. The molecular weight excluding hydrogens is 596 g/mol. The molecule has 3 aromatic carbocycles. The number of carbonyl (C=O) groups is 2. The van der Waals surface area contributed by atoms with Crippen molar-refractivity contribution in [3.63, 3.8) is 0 Å². The Morgan fingerprint density at radius 3 is 2.41 bits per heavy atom. The molecule has 0 radical (unpaired) electrons. The Morgan fingerprint density at radius 1 is 1.00 bits per heavy atom. The van der Waals surface area contributed by atoms with Crippen molar-refractivity contribution in [3.05, 3.63) is 83.9 Å². The van der Waals surface area contributed by atoms with Crippen LogP contribution in [0.4, 0.5) is 29.7 Å². The van der Waals surface area contributed by atoms with Crippen LogP contribution in [-0.4, -0.2) is 47.3 Å². The number of halogens is 2. The molecule has 238 valence electrons. The Kier molecular flexibility index (Phi) is 9.51. The molecule has 12 heteroatoms. The number of anilines is 2. The summed E-state index contributed by atoms with van der Waals surface area (Å²) in [5.74, 6) is -0.359. The number of nitrogens with zero attached hydrogens (tertiary/aromatic N) is 3. The Hall–Kier alpha value is -5.44. The fourth-order valence-corrected chi connectivity index (χ4v) is 4.80. The van der Waals surface area contributed by atoms with Gasteiger partial charge in [-0.2, -0.15) is 5.26 Å². The SMILES string of the molecule is CC(C)(C)OC(=O)N1CCC(COc2ccc3ccc(Oc4cc(F)c(NC(=O)Nc5ccc(F)cc5)cc4C#N)nc3c2)CC1. The lowest BCUT2D eigenvalue weighted by atomic mass is 9.98. The van der Waals surface area contributed by atoms with E-state index in [1.165, 1.54) is 24.3 Å². The average molecular weight is 630 g/mol. The van der Waals surface area contributed by atoms with Crippen LogP contribution in [0.25, 0.3) is 10.9 Å². The van der Waals surface area contributed by atoms with Gasteiger partial charge in [0.1, 0.15) is 29.0 Å². The lowest BCUT2D eigenvalue weighted by Crippen LogP contribution is -2.42. The minimum atomic E-state index is -0.836. The normalized spacial score (nSPS) is 13.5. The topological polar surface area (TPSA) is 126 Å². The van der Waals surface area contributed by atoms with Crippen molar-refractivity contribution >= 4 is 34.4 Å². The molecule has 2 heterocycles. The van der Waals surface area contributed by atoms with Crippen molar-refractivity contribution in [2.24, 2.45) is 5.92 Å². The zero-order valence-electron chi connectivity index (χ0n) is 25.6. The summed E-state index contributed by atoms with van der Waals surface area (Å²) >= 11 is 0. The van der Waals surface area contributed by atoms with E-state index in [0.29, 0.717) is 36.6 Å². The van der Waals surface area contributed by atoms with Gasteiger partial charge in [0.15, 0.2) is 5.82 Å². The van der Waals surface area contributed by atoms with E-state index in [1.807, 2.05) is 39.0 Å². The molecule has 0 unspecified atom stereocenters. The predicted molar refractivity (Wildman–Crippen MR) is 168 cm³/mol. The molecule has 1 aromatic heterocycles. The van der Waals surface area contributed by atoms with Crippen LogP contribution in [0.3, 0.4) is 0 Å². The summed E-state index contributed by atoms with van der Waals surface area (Å²) in [6.07, 6.45) is 1.30.